The quantitative estimate of drug-likeness (QED) is 0.365. The third kappa shape index (κ3) is 5.09. The van der Waals surface area contributed by atoms with E-state index in [1.807, 2.05) is 39.8 Å². The van der Waals surface area contributed by atoms with Crippen LogP contribution in [0.15, 0.2) is 48.0 Å². The number of Topliss-reactive ketones (excluding diaryl/α,β-unsaturated/α-hetero) is 1. The van der Waals surface area contributed by atoms with Crippen LogP contribution >= 0.6 is 0 Å². The maximum absolute atomic E-state index is 13.6. The molecule has 33 heavy (non-hydrogen) atoms. The van der Waals surface area contributed by atoms with Crippen LogP contribution in [-0.4, -0.2) is 60.4 Å². The average Bonchev–Trinajstić information content (AvgIpc) is 3.02. The number of carbonyl (C=O) groups excluding carboxylic acids is 2. The number of amides is 1. The first-order valence-corrected chi connectivity index (χ1v) is 11.1. The van der Waals surface area contributed by atoms with Crippen molar-refractivity contribution in [3.05, 3.63) is 70.5 Å². The zero-order valence-corrected chi connectivity index (χ0v) is 19.8. The van der Waals surface area contributed by atoms with Crippen molar-refractivity contribution in [3.8, 4) is 5.75 Å². The summed E-state index contributed by atoms with van der Waals surface area (Å²) in [5.74, 6) is -1.26. The summed E-state index contributed by atoms with van der Waals surface area (Å²) in [5, 5.41) is 11.3. The number of likely N-dealkylation sites (tertiary alicyclic amines) is 1. The second kappa shape index (κ2) is 10.2. The number of aliphatic hydroxyl groups is 1. The zero-order valence-electron chi connectivity index (χ0n) is 19.8. The van der Waals surface area contributed by atoms with Gasteiger partial charge < -0.3 is 19.6 Å². The van der Waals surface area contributed by atoms with E-state index in [2.05, 4.69) is 0 Å². The number of rotatable bonds is 8. The van der Waals surface area contributed by atoms with Crippen LogP contribution in [0.3, 0.4) is 0 Å². The van der Waals surface area contributed by atoms with E-state index in [0.717, 1.165) is 5.56 Å². The highest BCUT2D eigenvalue weighted by molar-refractivity contribution is 6.46. The van der Waals surface area contributed by atoms with Crippen LogP contribution in [0.5, 0.6) is 5.75 Å². The van der Waals surface area contributed by atoms with Gasteiger partial charge in [-0.1, -0.05) is 26.0 Å². The van der Waals surface area contributed by atoms with Crippen molar-refractivity contribution in [2.75, 3.05) is 33.8 Å². The van der Waals surface area contributed by atoms with Gasteiger partial charge in [0.1, 0.15) is 17.3 Å². The summed E-state index contributed by atoms with van der Waals surface area (Å²) < 4.78 is 19.3. The second-order valence-corrected chi connectivity index (χ2v) is 8.69. The van der Waals surface area contributed by atoms with Crippen LogP contribution in [-0.2, 0) is 9.59 Å². The highest BCUT2D eigenvalue weighted by Crippen LogP contribution is 2.40. The van der Waals surface area contributed by atoms with E-state index in [9.17, 15) is 19.1 Å². The Hall–Kier alpha value is -3.19. The predicted molar refractivity (Wildman–Crippen MR) is 126 cm³/mol. The van der Waals surface area contributed by atoms with Gasteiger partial charge in [-0.15, -0.1) is 0 Å². The minimum atomic E-state index is -0.806. The highest BCUT2D eigenvalue weighted by Gasteiger charge is 2.45. The third-order valence-corrected chi connectivity index (χ3v) is 5.72. The molecule has 0 bridgehead atoms. The van der Waals surface area contributed by atoms with Crippen LogP contribution in [0.25, 0.3) is 5.76 Å². The maximum atomic E-state index is 13.6. The largest absolute Gasteiger partial charge is 0.507 e. The fourth-order valence-corrected chi connectivity index (χ4v) is 4.00. The molecule has 1 unspecified atom stereocenters. The number of ether oxygens (including phenoxy) is 1. The minimum absolute atomic E-state index is 0.00392. The molecule has 1 N–H and O–H groups in total. The van der Waals surface area contributed by atoms with E-state index in [-0.39, 0.29) is 23.8 Å². The Kier molecular flexibility index (Phi) is 7.53. The molecule has 6 nitrogen and oxygen atoms in total. The third-order valence-electron chi connectivity index (χ3n) is 5.72. The number of ketones is 1. The summed E-state index contributed by atoms with van der Waals surface area (Å²) in [4.78, 5) is 29.4. The molecule has 0 aliphatic carbocycles. The number of benzene rings is 2. The first kappa shape index (κ1) is 24.5. The highest BCUT2D eigenvalue weighted by atomic mass is 19.1. The Morgan fingerprint density at radius 2 is 1.82 bits per heavy atom. The molecular formula is C26H31FN2O4. The molecule has 1 amide bonds. The summed E-state index contributed by atoms with van der Waals surface area (Å²) in [5.41, 5.74) is 1.89. The fraction of sp³-hybridized carbons (Fsp3) is 0.385. The van der Waals surface area contributed by atoms with Gasteiger partial charge >= 0.3 is 0 Å². The van der Waals surface area contributed by atoms with E-state index in [1.54, 1.807) is 30.3 Å². The van der Waals surface area contributed by atoms with Crippen LogP contribution in [0.2, 0.25) is 0 Å². The van der Waals surface area contributed by atoms with E-state index >= 15 is 0 Å². The Labute approximate surface area is 194 Å². The van der Waals surface area contributed by atoms with Gasteiger partial charge in [0, 0.05) is 18.7 Å². The van der Waals surface area contributed by atoms with Gasteiger partial charge in [0.25, 0.3) is 11.7 Å². The second-order valence-electron chi connectivity index (χ2n) is 8.69. The van der Waals surface area contributed by atoms with Crippen LogP contribution in [0.1, 0.15) is 49.4 Å². The predicted octanol–water partition coefficient (Wildman–Crippen LogP) is 4.33. The monoisotopic (exact) mass is 454 g/mol. The van der Waals surface area contributed by atoms with Crippen molar-refractivity contribution in [3.63, 3.8) is 0 Å². The molecule has 0 saturated carbocycles. The van der Waals surface area contributed by atoms with Crippen molar-refractivity contribution in [1.29, 1.82) is 0 Å². The Morgan fingerprint density at radius 3 is 2.39 bits per heavy atom. The molecule has 0 aromatic heterocycles. The lowest BCUT2D eigenvalue weighted by molar-refractivity contribution is -0.140. The van der Waals surface area contributed by atoms with Gasteiger partial charge in [0.2, 0.25) is 0 Å². The zero-order chi connectivity index (χ0) is 24.3. The molecule has 2 aromatic rings. The normalized spacial score (nSPS) is 17.9. The summed E-state index contributed by atoms with van der Waals surface area (Å²) in [6, 6.07) is 10.1. The summed E-state index contributed by atoms with van der Waals surface area (Å²) in [7, 11) is 3.74. The molecule has 0 spiro atoms. The van der Waals surface area contributed by atoms with Crippen molar-refractivity contribution >= 4 is 17.4 Å². The molecule has 176 valence electrons. The first-order chi connectivity index (χ1) is 15.6. The molecule has 1 atom stereocenters. The molecule has 2 aromatic carbocycles. The number of nitrogens with zero attached hydrogens (tertiary/aromatic N) is 2. The molecular weight excluding hydrogens is 423 g/mol. The van der Waals surface area contributed by atoms with E-state index in [1.165, 1.54) is 17.0 Å². The average molecular weight is 455 g/mol. The van der Waals surface area contributed by atoms with Crippen molar-refractivity contribution < 1.29 is 23.8 Å². The van der Waals surface area contributed by atoms with Crippen LogP contribution in [0, 0.1) is 5.82 Å². The summed E-state index contributed by atoms with van der Waals surface area (Å²) >= 11 is 0. The van der Waals surface area contributed by atoms with Gasteiger partial charge in [-0.25, -0.2) is 4.39 Å². The SMILES string of the molecule is CCOc1ccc(/C(O)=C2/C(=O)C(=O)N(CCN(C)C)C2c2ccc(F)cc2)cc1C(C)C. The smallest absolute Gasteiger partial charge is 0.295 e. The molecule has 0 radical (unpaired) electrons. The number of aliphatic hydroxyl groups excluding tert-OH is 1. The molecule has 3 rings (SSSR count). The lowest BCUT2D eigenvalue weighted by Crippen LogP contribution is -2.35. The molecule has 1 aliphatic rings. The van der Waals surface area contributed by atoms with Gasteiger partial charge in [0.05, 0.1) is 18.2 Å². The molecule has 1 heterocycles. The van der Waals surface area contributed by atoms with Gasteiger partial charge in [0.15, 0.2) is 0 Å². The molecule has 7 heteroatoms. The molecule has 1 fully saturated rings. The van der Waals surface area contributed by atoms with Crippen molar-refractivity contribution in [1.82, 2.24) is 9.80 Å². The minimum Gasteiger partial charge on any atom is -0.507 e. The number of hydrogen-bond acceptors (Lipinski definition) is 5. The van der Waals surface area contributed by atoms with Crippen molar-refractivity contribution in [2.45, 2.75) is 32.7 Å². The molecule has 1 aliphatic heterocycles. The Morgan fingerprint density at radius 1 is 1.15 bits per heavy atom. The summed E-state index contributed by atoms with van der Waals surface area (Å²) in [6.07, 6.45) is 0. The van der Waals surface area contributed by atoms with E-state index in [4.69, 9.17) is 4.74 Å². The van der Waals surface area contributed by atoms with Crippen molar-refractivity contribution in [2.24, 2.45) is 0 Å². The van der Waals surface area contributed by atoms with Gasteiger partial charge in [-0.05, 0) is 68.4 Å². The molecule has 1 saturated heterocycles. The van der Waals surface area contributed by atoms with E-state index in [0.29, 0.717) is 30.0 Å². The van der Waals surface area contributed by atoms with Gasteiger partial charge in [-0.2, -0.15) is 0 Å². The topological polar surface area (TPSA) is 70.1 Å². The lowest BCUT2D eigenvalue weighted by atomic mass is 9.93. The summed E-state index contributed by atoms with van der Waals surface area (Å²) in [6.45, 7) is 7.26. The van der Waals surface area contributed by atoms with Gasteiger partial charge in [-0.3, -0.25) is 9.59 Å². The fourth-order valence-electron chi connectivity index (χ4n) is 4.00. The van der Waals surface area contributed by atoms with Crippen LogP contribution in [0.4, 0.5) is 4.39 Å². The lowest BCUT2D eigenvalue weighted by Gasteiger charge is -2.26. The maximum Gasteiger partial charge on any atom is 0.295 e. The number of carbonyl (C=O) groups is 2. The van der Waals surface area contributed by atoms with Crippen LogP contribution < -0.4 is 4.74 Å². The first-order valence-electron chi connectivity index (χ1n) is 11.1. The number of likely N-dealkylation sites (N-methyl/N-ethyl adjacent to an activating group) is 1. The Bertz CT molecular complexity index is 1060. The Balaban J connectivity index is 2.16. The number of hydrogen-bond donors (Lipinski definition) is 1. The van der Waals surface area contributed by atoms with E-state index < -0.39 is 23.5 Å². The number of halogens is 1. The standard InChI is InChI=1S/C26H31FN2O4/c1-6-33-21-12-9-18(15-20(21)16(2)3)24(30)22-23(17-7-10-19(27)11-8-17)29(14-13-28(4)5)26(32)25(22)31/h7-12,15-16,23,30H,6,13-14H2,1-5H3/b24-22-.